The molecule has 0 heterocycles. The Morgan fingerprint density at radius 1 is 1.00 bits per heavy atom. The number of aryl methyl sites for hydroxylation is 2. The fourth-order valence-corrected chi connectivity index (χ4v) is 2.00. The summed E-state index contributed by atoms with van der Waals surface area (Å²) >= 11 is 0. The molecule has 0 aliphatic heterocycles. The highest BCUT2D eigenvalue weighted by Crippen LogP contribution is 2.15. The summed E-state index contributed by atoms with van der Waals surface area (Å²) in [5, 5.41) is 0. The molecule has 0 aliphatic rings. The first-order valence-electron chi connectivity index (χ1n) is 6.49. The molecule has 0 radical (unpaired) electrons. The van der Waals surface area contributed by atoms with Crippen LogP contribution in [0, 0.1) is 12.7 Å². The molecule has 0 spiro atoms. The predicted molar refractivity (Wildman–Crippen MR) is 68.2 cm³/mol. The lowest BCUT2D eigenvalue weighted by molar-refractivity contribution is 0.576. The van der Waals surface area contributed by atoms with Gasteiger partial charge in [0.25, 0.3) is 0 Å². The van der Waals surface area contributed by atoms with Gasteiger partial charge in [-0.1, -0.05) is 57.2 Å². The van der Waals surface area contributed by atoms with Crippen molar-refractivity contribution in [2.45, 2.75) is 58.8 Å². The van der Waals surface area contributed by atoms with Gasteiger partial charge in [0.1, 0.15) is 5.82 Å². The molecule has 1 heteroatoms. The molecule has 0 unspecified atom stereocenters. The van der Waals surface area contributed by atoms with Gasteiger partial charge in [-0.3, -0.25) is 0 Å². The topological polar surface area (TPSA) is 0 Å². The Balaban J connectivity index is 2.24. The van der Waals surface area contributed by atoms with Crippen LogP contribution in [0.2, 0.25) is 0 Å². The van der Waals surface area contributed by atoms with Crippen molar-refractivity contribution in [1.29, 1.82) is 0 Å². The Labute approximate surface area is 98.9 Å². The number of hydrogen-bond donors (Lipinski definition) is 0. The monoisotopic (exact) mass is 222 g/mol. The third-order valence-electron chi connectivity index (χ3n) is 3.07. The molecule has 0 bridgehead atoms. The number of rotatable bonds is 7. The molecule has 0 atom stereocenters. The van der Waals surface area contributed by atoms with E-state index in [2.05, 4.69) is 6.92 Å². The van der Waals surface area contributed by atoms with E-state index in [0.29, 0.717) is 0 Å². The molecule has 0 saturated heterocycles. The second-order valence-corrected chi connectivity index (χ2v) is 4.57. The van der Waals surface area contributed by atoms with Gasteiger partial charge in [0.05, 0.1) is 0 Å². The minimum atomic E-state index is -0.00365. The van der Waals surface area contributed by atoms with Gasteiger partial charge in [0.15, 0.2) is 0 Å². The van der Waals surface area contributed by atoms with Crippen LogP contribution in [-0.2, 0) is 6.42 Å². The van der Waals surface area contributed by atoms with Crippen molar-refractivity contribution < 1.29 is 4.39 Å². The standard InChI is InChI=1S/C15H23F/c1-3-4-5-6-7-8-11-14-12-9-10-13(2)15(14)16/h9-10,12H,3-8,11H2,1-2H3. The van der Waals surface area contributed by atoms with Gasteiger partial charge in [0, 0.05) is 0 Å². The van der Waals surface area contributed by atoms with Gasteiger partial charge in [-0.05, 0) is 30.9 Å². The SMILES string of the molecule is CCCCCCCCc1cccc(C)c1F. The highest BCUT2D eigenvalue weighted by Gasteiger charge is 2.03. The lowest BCUT2D eigenvalue weighted by Crippen LogP contribution is -1.93. The molecule has 0 N–H and O–H groups in total. The summed E-state index contributed by atoms with van der Waals surface area (Å²) in [7, 11) is 0. The molecular weight excluding hydrogens is 199 g/mol. The van der Waals surface area contributed by atoms with Crippen molar-refractivity contribution in [1.82, 2.24) is 0 Å². The van der Waals surface area contributed by atoms with Crippen LogP contribution in [0.1, 0.15) is 56.6 Å². The highest BCUT2D eigenvalue weighted by atomic mass is 19.1. The summed E-state index contributed by atoms with van der Waals surface area (Å²) in [5.41, 5.74) is 1.65. The molecule has 1 aromatic rings. The molecule has 0 nitrogen and oxygen atoms in total. The summed E-state index contributed by atoms with van der Waals surface area (Å²) in [6, 6.07) is 5.69. The van der Waals surface area contributed by atoms with Crippen LogP contribution in [0.25, 0.3) is 0 Å². The number of halogens is 1. The second kappa shape index (κ2) is 7.43. The second-order valence-electron chi connectivity index (χ2n) is 4.57. The number of hydrogen-bond acceptors (Lipinski definition) is 0. The molecule has 0 amide bonds. The minimum absolute atomic E-state index is 0.00365. The summed E-state index contributed by atoms with van der Waals surface area (Å²) in [5.74, 6) is -0.00365. The Morgan fingerprint density at radius 3 is 2.44 bits per heavy atom. The molecular formula is C15H23F. The molecule has 16 heavy (non-hydrogen) atoms. The zero-order valence-corrected chi connectivity index (χ0v) is 10.6. The molecule has 0 aromatic heterocycles. The zero-order valence-electron chi connectivity index (χ0n) is 10.6. The summed E-state index contributed by atoms with van der Waals surface area (Å²) in [6.07, 6.45) is 8.47. The first kappa shape index (κ1) is 13.2. The van der Waals surface area contributed by atoms with Crippen molar-refractivity contribution >= 4 is 0 Å². The van der Waals surface area contributed by atoms with Crippen LogP contribution in [0.3, 0.4) is 0 Å². The summed E-state index contributed by atoms with van der Waals surface area (Å²) in [6.45, 7) is 4.06. The van der Waals surface area contributed by atoms with E-state index in [4.69, 9.17) is 0 Å². The third kappa shape index (κ3) is 4.34. The molecule has 0 fully saturated rings. The first-order chi connectivity index (χ1) is 7.75. The van der Waals surface area contributed by atoms with Crippen LogP contribution < -0.4 is 0 Å². The maximum atomic E-state index is 13.6. The number of unbranched alkanes of at least 4 members (excludes halogenated alkanes) is 5. The highest BCUT2D eigenvalue weighted by molar-refractivity contribution is 5.24. The van der Waals surface area contributed by atoms with E-state index in [-0.39, 0.29) is 5.82 Å². The van der Waals surface area contributed by atoms with Gasteiger partial charge in [-0.2, -0.15) is 0 Å². The Bertz CT molecular complexity index is 304. The smallest absolute Gasteiger partial charge is 0.129 e. The van der Waals surface area contributed by atoms with Crippen LogP contribution in [-0.4, -0.2) is 0 Å². The lowest BCUT2D eigenvalue weighted by atomic mass is 10.0. The van der Waals surface area contributed by atoms with Gasteiger partial charge in [0.2, 0.25) is 0 Å². The van der Waals surface area contributed by atoms with E-state index >= 15 is 0 Å². The van der Waals surface area contributed by atoms with Crippen molar-refractivity contribution in [2.75, 3.05) is 0 Å². The van der Waals surface area contributed by atoms with E-state index in [1.807, 2.05) is 25.1 Å². The lowest BCUT2D eigenvalue weighted by Gasteiger charge is -2.05. The Morgan fingerprint density at radius 2 is 1.69 bits per heavy atom. The quantitative estimate of drug-likeness (QED) is 0.567. The average molecular weight is 222 g/mol. The van der Waals surface area contributed by atoms with E-state index in [1.165, 1.54) is 32.1 Å². The van der Waals surface area contributed by atoms with E-state index in [9.17, 15) is 4.39 Å². The third-order valence-corrected chi connectivity index (χ3v) is 3.07. The Hall–Kier alpha value is -0.850. The van der Waals surface area contributed by atoms with E-state index in [1.54, 1.807) is 0 Å². The first-order valence-corrected chi connectivity index (χ1v) is 6.49. The fraction of sp³-hybridized carbons (Fsp3) is 0.600. The largest absolute Gasteiger partial charge is 0.206 e. The van der Waals surface area contributed by atoms with Crippen molar-refractivity contribution in [3.8, 4) is 0 Å². The van der Waals surface area contributed by atoms with Crippen molar-refractivity contribution in [3.63, 3.8) is 0 Å². The maximum absolute atomic E-state index is 13.6. The molecule has 0 saturated carbocycles. The van der Waals surface area contributed by atoms with Gasteiger partial charge >= 0.3 is 0 Å². The average Bonchev–Trinajstić information content (AvgIpc) is 2.29. The molecule has 0 aliphatic carbocycles. The van der Waals surface area contributed by atoms with Crippen LogP contribution in [0.4, 0.5) is 4.39 Å². The van der Waals surface area contributed by atoms with Gasteiger partial charge < -0.3 is 0 Å². The van der Waals surface area contributed by atoms with Crippen molar-refractivity contribution in [3.05, 3.63) is 35.1 Å². The van der Waals surface area contributed by atoms with E-state index < -0.39 is 0 Å². The minimum Gasteiger partial charge on any atom is -0.206 e. The predicted octanol–water partition coefficient (Wildman–Crippen LogP) is 5.04. The maximum Gasteiger partial charge on any atom is 0.129 e. The van der Waals surface area contributed by atoms with Crippen molar-refractivity contribution in [2.24, 2.45) is 0 Å². The van der Waals surface area contributed by atoms with Crippen LogP contribution in [0.15, 0.2) is 18.2 Å². The summed E-state index contributed by atoms with van der Waals surface area (Å²) in [4.78, 5) is 0. The summed E-state index contributed by atoms with van der Waals surface area (Å²) < 4.78 is 13.6. The Kier molecular flexibility index (Phi) is 6.14. The van der Waals surface area contributed by atoms with Gasteiger partial charge in [-0.25, -0.2) is 4.39 Å². The van der Waals surface area contributed by atoms with Crippen LogP contribution >= 0.6 is 0 Å². The van der Waals surface area contributed by atoms with Crippen LogP contribution in [0.5, 0.6) is 0 Å². The molecule has 90 valence electrons. The number of benzene rings is 1. The van der Waals surface area contributed by atoms with E-state index in [0.717, 1.165) is 24.0 Å². The zero-order chi connectivity index (χ0) is 11.8. The molecule has 1 aromatic carbocycles. The normalized spacial score (nSPS) is 10.7. The van der Waals surface area contributed by atoms with Gasteiger partial charge in [-0.15, -0.1) is 0 Å². The fourth-order valence-electron chi connectivity index (χ4n) is 2.00. The molecule has 1 rings (SSSR count).